The molecule has 1 aromatic rings. The van der Waals surface area contributed by atoms with Crippen LogP contribution in [0.2, 0.25) is 0 Å². The van der Waals surface area contributed by atoms with E-state index in [-0.39, 0.29) is 5.91 Å². The van der Waals surface area contributed by atoms with Crippen LogP contribution in [0.25, 0.3) is 0 Å². The average Bonchev–Trinajstić information content (AvgIpc) is 2.55. The maximum Gasteiger partial charge on any atom is 0.272 e. The zero-order valence-electron chi connectivity index (χ0n) is 13.5. The van der Waals surface area contributed by atoms with Crippen molar-refractivity contribution in [2.45, 2.75) is 52.5 Å². The fraction of sp³-hybridized carbons (Fsp3) is 0.647. The van der Waals surface area contributed by atoms with E-state index in [0.29, 0.717) is 11.7 Å². The van der Waals surface area contributed by atoms with Gasteiger partial charge in [0.2, 0.25) is 0 Å². The van der Waals surface area contributed by atoms with E-state index >= 15 is 0 Å². The molecule has 1 atom stereocenters. The molecule has 1 unspecified atom stereocenters. The van der Waals surface area contributed by atoms with Gasteiger partial charge in [-0.2, -0.15) is 0 Å². The number of carbonyl (C=O) groups excluding carboxylic acids is 1. The molecule has 1 amide bonds. The molecule has 116 valence electrons. The number of likely N-dealkylation sites (tertiary alicyclic amines) is 1. The summed E-state index contributed by atoms with van der Waals surface area (Å²) in [6, 6.07) is 4.30. The normalized spacial score (nSPS) is 18.6. The van der Waals surface area contributed by atoms with Crippen molar-refractivity contribution in [3.8, 4) is 0 Å². The van der Waals surface area contributed by atoms with E-state index in [0.717, 1.165) is 44.6 Å². The lowest BCUT2D eigenvalue weighted by Gasteiger charge is -2.35. The number of hydrogen-bond acceptors (Lipinski definition) is 3. The quantitative estimate of drug-likeness (QED) is 0.834. The Kier molecular flexibility index (Phi) is 5.59. The zero-order valence-corrected chi connectivity index (χ0v) is 13.5. The number of hydrogen-bond donors (Lipinski definition) is 0. The van der Waals surface area contributed by atoms with Crippen molar-refractivity contribution in [3.05, 3.63) is 24.0 Å². The number of carbonyl (C=O) groups is 1. The molecule has 4 nitrogen and oxygen atoms in total. The first-order valence-corrected chi connectivity index (χ1v) is 8.23. The lowest BCUT2D eigenvalue weighted by Crippen LogP contribution is -2.43. The fourth-order valence-corrected chi connectivity index (χ4v) is 3.16. The van der Waals surface area contributed by atoms with Gasteiger partial charge >= 0.3 is 0 Å². The van der Waals surface area contributed by atoms with Gasteiger partial charge in [0.05, 0.1) is 0 Å². The third kappa shape index (κ3) is 3.55. The molecule has 4 heteroatoms. The van der Waals surface area contributed by atoms with Gasteiger partial charge in [-0.1, -0.05) is 6.92 Å². The maximum atomic E-state index is 12.8. The first-order chi connectivity index (χ1) is 10.2. The van der Waals surface area contributed by atoms with Gasteiger partial charge in [0.1, 0.15) is 5.69 Å². The summed E-state index contributed by atoms with van der Waals surface area (Å²) in [4.78, 5) is 21.3. The van der Waals surface area contributed by atoms with Crippen LogP contribution in [0.3, 0.4) is 0 Å². The molecular weight excluding hydrogens is 262 g/mol. The minimum atomic E-state index is 0.0931. The minimum absolute atomic E-state index is 0.0931. The maximum absolute atomic E-state index is 12.8. The number of anilines is 1. The predicted octanol–water partition coefficient (Wildman–Crippen LogP) is 3.33. The molecule has 1 aliphatic heterocycles. The molecule has 1 aromatic heterocycles. The number of nitrogens with zero attached hydrogens (tertiary/aromatic N) is 3. The summed E-state index contributed by atoms with van der Waals surface area (Å²) < 4.78 is 0. The van der Waals surface area contributed by atoms with Crippen molar-refractivity contribution in [3.63, 3.8) is 0 Å². The second kappa shape index (κ2) is 7.43. The van der Waals surface area contributed by atoms with Gasteiger partial charge in [-0.05, 0) is 51.7 Å². The number of pyridine rings is 1. The Bertz CT molecular complexity index is 471. The van der Waals surface area contributed by atoms with Crippen LogP contribution < -0.4 is 4.90 Å². The van der Waals surface area contributed by atoms with Gasteiger partial charge in [0.15, 0.2) is 0 Å². The van der Waals surface area contributed by atoms with Gasteiger partial charge in [-0.25, -0.2) is 0 Å². The van der Waals surface area contributed by atoms with Crippen molar-refractivity contribution in [2.75, 3.05) is 24.5 Å². The van der Waals surface area contributed by atoms with Gasteiger partial charge in [0.25, 0.3) is 5.91 Å². The lowest BCUT2D eigenvalue weighted by molar-refractivity contribution is 0.0602. The summed E-state index contributed by atoms with van der Waals surface area (Å²) >= 11 is 0. The fourth-order valence-electron chi connectivity index (χ4n) is 3.16. The van der Waals surface area contributed by atoms with Crippen molar-refractivity contribution in [1.82, 2.24) is 9.88 Å². The molecule has 2 rings (SSSR count). The molecule has 1 saturated heterocycles. The predicted molar refractivity (Wildman–Crippen MR) is 86.8 cm³/mol. The van der Waals surface area contributed by atoms with E-state index in [9.17, 15) is 4.79 Å². The van der Waals surface area contributed by atoms with Crippen LogP contribution in [0, 0.1) is 0 Å². The van der Waals surface area contributed by atoms with Crippen LogP contribution in [0.1, 0.15) is 56.9 Å². The monoisotopic (exact) mass is 289 g/mol. The highest BCUT2D eigenvalue weighted by atomic mass is 16.2. The Morgan fingerprint density at radius 2 is 2.10 bits per heavy atom. The highest BCUT2D eigenvalue weighted by molar-refractivity contribution is 5.93. The Morgan fingerprint density at radius 3 is 2.76 bits per heavy atom. The topological polar surface area (TPSA) is 36.4 Å². The first kappa shape index (κ1) is 15.8. The minimum Gasteiger partial charge on any atom is -0.372 e. The molecule has 21 heavy (non-hydrogen) atoms. The number of rotatable bonds is 5. The molecular formula is C17H27N3O. The summed E-state index contributed by atoms with van der Waals surface area (Å²) in [7, 11) is 0. The largest absolute Gasteiger partial charge is 0.372 e. The lowest BCUT2D eigenvalue weighted by atomic mass is 9.99. The van der Waals surface area contributed by atoms with Crippen molar-refractivity contribution in [2.24, 2.45) is 0 Å². The molecule has 0 N–H and O–H groups in total. The van der Waals surface area contributed by atoms with Crippen LogP contribution >= 0.6 is 0 Å². The summed E-state index contributed by atoms with van der Waals surface area (Å²) in [5.74, 6) is 0.0931. The second-order valence-corrected chi connectivity index (χ2v) is 5.63. The van der Waals surface area contributed by atoms with E-state index in [4.69, 9.17) is 0 Å². The molecule has 0 bridgehead atoms. The standard InChI is InChI=1S/C17H27N3O/c1-4-14-9-7-8-12-20(14)17(21)16-13-15(10-11-18-16)19(5-2)6-3/h10-11,13-14H,4-9,12H2,1-3H3. The Balaban J connectivity index is 2.20. The Morgan fingerprint density at radius 1 is 1.33 bits per heavy atom. The number of amides is 1. The van der Waals surface area contributed by atoms with E-state index in [1.165, 1.54) is 6.42 Å². The van der Waals surface area contributed by atoms with E-state index < -0.39 is 0 Å². The highest BCUT2D eigenvalue weighted by Gasteiger charge is 2.27. The number of aromatic nitrogens is 1. The third-order valence-electron chi connectivity index (χ3n) is 4.45. The Labute approximate surface area is 128 Å². The summed E-state index contributed by atoms with van der Waals surface area (Å²) in [6.45, 7) is 9.17. The highest BCUT2D eigenvalue weighted by Crippen LogP contribution is 2.22. The van der Waals surface area contributed by atoms with Crippen LogP contribution in [-0.2, 0) is 0 Å². The molecule has 1 aliphatic rings. The van der Waals surface area contributed by atoms with Gasteiger partial charge in [0, 0.05) is 37.6 Å². The van der Waals surface area contributed by atoms with E-state index in [1.807, 2.05) is 17.0 Å². The van der Waals surface area contributed by atoms with Crippen LogP contribution in [0.15, 0.2) is 18.3 Å². The molecule has 2 heterocycles. The van der Waals surface area contributed by atoms with Crippen molar-refractivity contribution >= 4 is 11.6 Å². The van der Waals surface area contributed by atoms with Crippen molar-refractivity contribution < 1.29 is 4.79 Å². The van der Waals surface area contributed by atoms with Gasteiger partial charge in [-0.15, -0.1) is 0 Å². The van der Waals surface area contributed by atoms with Crippen LogP contribution in [0.4, 0.5) is 5.69 Å². The average molecular weight is 289 g/mol. The summed E-state index contributed by atoms with van der Waals surface area (Å²) in [6.07, 6.45) is 6.25. The van der Waals surface area contributed by atoms with Crippen LogP contribution in [-0.4, -0.2) is 41.5 Å². The molecule has 0 aliphatic carbocycles. The van der Waals surface area contributed by atoms with Gasteiger partial charge in [-0.3, -0.25) is 9.78 Å². The molecule has 0 aromatic carbocycles. The summed E-state index contributed by atoms with van der Waals surface area (Å²) in [5, 5.41) is 0. The van der Waals surface area contributed by atoms with E-state index in [1.54, 1.807) is 6.20 Å². The van der Waals surface area contributed by atoms with Crippen LogP contribution in [0.5, 0.6) is 0 Å². The third-order valence-corrected chi connectivity index (χ3v) is 4.45. The van der Waals surface area contributed by atoms with Crippen molar-refractivity contribution in [1.29, 1.82) is 0 Å². The molecule has 1 fully saturated rings. The first-order valence-electron chi connectivity index (χ1n) is 8.23. The van der Waals surface area contributed by atoms with E-state index in [2.05, 4.69) is 30.7 Å². The molecule has 0 spiro atoms. The zero-order chi connectivity index (χ0) is 15.2. The summed E-state index contributed by atoms with van der Waals surface area (Å²) in [5.41, 5.74) is 1.67. The second-order valence-electron chi connectivity index (χ2n) is 5.63. The molecule has 0 saturated carbocycles. The smallest absolute Gasteiger partial charge is 0.272 e. The Hall–Kier alpha value is -1.58. The number of piperidine rings is 1. The SMILES string of the molecule is CCC1CCCCN1C(=O)c1cc(N(CC)CC)ccn1. The van der Waals surface area contributed by atoms with Gasteiger partial charge < -0.3 is 9.80 Å². The molecule has 0 radical (unpaired) electrons.